The van der Waals surface area contributed by atoms with E-state index in [1.165, 1.54) is 12.0 Å². The van der Waals surface area contributed by atoms with E-state index in [4.69, 9.17) is 9.26 Å². The van der Waals surface area contributed by atoms with Crippen molar-refractivity contribution >= 4 is 23.2 Å². The molecule has 1 aliphatic heterocycles. The van der Waals surface area contributed by atoms with Gasteiger partial charge in [-0.25, -0.2) is 9.95 Å². The summed E-state index contributed by atoms with van der Waals surface area (Å²) < 4.78 is 9.93. The van der Waals surface area contributed by atoms with E-state index >= 15 is 0 Å². The molecule has 1 unspecified atom stereocenters. The number of ether oxygens (including phenoxy) is 1. The van der Waals surface area contributed by atoms with Crippen molar-refractivity contribution in [3.8, 4) is 0 Å². The van der Waals surface area contributed by atoms with Crippen molar-refractivity contribution in [2.75, 3.05) is 13.7 Å². The number of benzene rings is 1. The number of aromatic nitrogens is 1. The van der Waals surface area contributed by atoms with E-state index in [-0.39, 0.29) is 47.0 Å². The van der Waals surface area contributed by atoms with E-state index in [1.807, 2.05) is 20.8 Å². The van der Waals surface area contributed by atoms with Gasteiger partial charge < -0.3 is 9.26 Å². The summed E-state index contributed by atoms with van der Waals surface area (Å²) in [6, 6.07) is 4.42. The number of carbonyl (C=O) groups excluding carboxylic acids is 2. The average molecular weight is 386 g/mol. The number of hydrogen-bond acceptors (Lipinski definition) is 7. The zero-order chi connectivity index (χ0) is 20.4. The van der Waals surface area contributed by atoms with Gasteiger partial charge in [0.1, 0.15) is 0 Å². The molecule has 28 heavy (non-hydrogen) atoms. The smallest absolute Gasteiger partial charge is 0.383 e. The Labute approximate surface area is 161 Å². The van der Waals surface area contributed by atoms with E-state index in [9.17, 15) is 14.4 Å². The first-order chi connectivity index (χ1) is 13.4. The first-order valence-electron chi connectivity index (χ1n) is 9.03. The van der Waals surface area contributed by atoms with Gasteiger partial charge in [-0.3, -0.25) is 14.5 Å². The van der Waals surface area contributed by atoms with Crippen molar-refractivity contribution < 1.29 is 18.8 Å². The van der Waals surface area contributed by atoms with Gasteiger partial charge in [0, 0.05) is 7.11 Å². The molecule has 0 saturated carbocycles. The second kappa shape index (κ2) is 7.89. The van der Waals surface area contributed by atoms with Crippen LogP contribution in [0.5, 0.6) is 0 Å². The highest BCUT2D eigenvalue weighted by Crippen LogP contribution is 2.34. The number of aromatic amines is 1. The van der Waals surface area contributed by atoms with Crippen LogP contribution in [0.4, 0.5) is 11.4 Å². The van der Waals surface area contributed by atoms with Crippen LogP contribution in [0.1, 0.15) is 59.5 Å². The summed E-state index contributed by atoms with van der Waals surface area (Å²) in [5, 5.41) is 10.6. The van der Waals surface area contributed by atoms with Crippen molar-refractivity contribution in [1.29, 1.82) is 0 Å². The number of azo groups is 1. The number of carbonyl (C=O) groups is 2. The van der Waals surface area contributed by atoms with E-state index in [2.05, 4.69) is 15.4 Å². The first kappa shape index (κ1) is 19.7. The molecule has 1 aliphatic rings. The molecule has 2 amide bonds. The molecule has 1 aromatic carbocycles. The van der Waals surface area contributed by atoms with E-state index in [1.54, 1.807) is 18.2 Å². The molecule has 2 aromatic rings. The van der Waals surface area contributed by atoms with Crippen LogP contribution < -0.4 is 5.63 Å². The van der Waals surface area contributed by atoms with Gasteiger partial charge in [0.25, 0.3) is 11.8 Å². The molecule has 9 nitrogen and oxygen atoms in total. The van der Waals surface area contributed by atoms with Crippen LogP contribution in [0.2, 0.25) is 0 Å². The van der Waals surface area contributed by atoms with Gasteiger partial charge in [0.15, 0.2) is 5.69 Å². The summed E-state index contributed by atoms with van der Waals surface area (Å²) >= 11 is 0. The standard InChI is InChI=1S/C19H22N4O5/c1-5-11(9-27-4)23-17(24)12-7-6-8-13(14(12)18(23)25)20-21-16-15(10(2)3)22-28-19(16)26/h6-8,10-11,22H,5,9H2,1-4H3. The Hall–Kier alpha value is -3.07. The highest BCUT2D eigenvalue weighted by atomic mass is 16.5. The Morgan fingerprint density at radius 2 is 1.93 bits per heavy atom. The summed E-state index contributed by atoms with van der Waals surface area (Å²) in [4.78, 5) is 38.8. The lowest BCUT2D eigenvalue weighted by Gasteiger charge is -2.24. The quantitative estimate of drug-likeness (QED) is 0.577. The van der Waals surface area contributed by atoms with Crippen molar-refractivity contribution in [2.45, 2.75) is 39.2 Å². The average Bonchev–Trinajstić information content (AvgIpc) is 3.16. The number of H-pyrrole nitrogens is 1. The fraction of sp³-hybridized carbons (Fsp3) is 0.421. The van der Waals surface area contributed by atoms with Gasteiger partial charge in [-0.2, -0.15) is 0 Å². The lowest BCUT2D eigenvalue weighted by Crippen LogP contribution is -2.42. The SMILES string of the molecule is CCC(COC)N1C(=O)c2cccc(N=Nc3c(C(C)C)[nH]oc3=O)c2C1=O. The van der Waals surface area contributed by atoms with Crippen LogP contribution in [-0.2, 0) is 4.74 Å². The summed E-state index contributed by atoms with van der Waals surface area (Å²) in [5.41, 5.74) is 0.581. The molecule has 0 spiro atoms. The minimum atomic E-state index is -0.643. The number of nitrogens with one attached hydrogen (secondary N) is 1. The second-order valence-electron chi connectivity index (χ2n) is 6.81. The number of imide groups is 1. The normalized spacial score (nSPS) is 15.1. The van der Waals surface area contributed by atoms with Gasteiger partial charge in [-0.15, -0.1) is 10.2 Å². The number of hydrogen-bond donors (Lipinski definition) is 1. The molecular weight excluding hydrogens is 364 g/mol. The van der Waals surface area contributed by atoms with E-state index < -0.39 is 11.5 Å². The summed E-state index contributed by atoms with van der Waals surface area (Å²) in [7, 11) is 1.52. The Kier molecular flexibility index (Phi) is 5.55. The minimum absolute atomic E-state index is 0.0278. The second-order valence-corrected chi connectivity index (χ2v) is 6.81. The van der Waals surface area contributed by atoms with Crippen LogP contribution in [0.25, 0.3) is 0 Å². The number of fused-ring (bicyclic) bond motifs is 1. The third-order valence-electron chi connectivity index (χ3n) is 4.66. The molecule has 0 fully saturated rings. The monoisotopic (exact) mass is 386 g/mol. The first-order valence-corrected chi connectivity index (χ1v) is 9.03. The lowest BCUT2D eigenvalue weighted by molar-refractivity contribution is 0.0466. The lowest BCUT2D eigenvalue weighted by atomic mass is 10.1. The molecule has 0 radical (unpaired) electrons. The van der Waals surface area contributed by atoms with E-state index in [0.29, 0.717) is 12.1 Å². The van der Waals surface area contributed by atoms with Crippen molar-refractivity contribution in [2.24, 2.45) is 10.2 Å². The Bertz CT molecular complexity index is 988. The van der Waals surface area contributed by atoms with Crippen molar-refractivity contribution in [1.82, 2.24) is 10.1 Å². The molecular formula is C19H22N4O5. The van der Waals surface area contributed by atoms with E-state index in [0.717, 1.165) is 0 Å². The largest absolute Gasteiger partial charge is 0.384 e. The van der Waals surface area contributed by atoms with Crippen LogP contribution in [-0.4, -0.2) is 41.6 Å². The van der Waals surface area contributed by atoms with Crippen LogP contribution in [0.3, 0.4) is 0 Å². The Morgan fingerprint density at radius 1 is 1.18 bits per heavy atom. The zero-order valence-corrected chi connectivity index (χ0v) is 16.2. The molecule has 2 heterocycles. The van der Waals surface area contributed by atoms with Gasteiger partial charge in [0.05, 0.1) is 35.2 Å². The van der Waals surface area contributed by atoms with Crippen molar-refractivity contribution in [3.63, 3.8) is 0 Å². The Morgan fingerprint density at radius 3 is 2.57 bits per heavy atom. The van der Waals surface area contributed by atoms with Gasteiger partial charge in [-0.1, -0.05) is 26.8 Å². The zero-order valence-electron chi connectivity index (χ0n) is 16.2. The number of methoxy groups -OCH3 is 1. The predicted octanol–water partition coefficient (Wildman–Crippen LogP) is 3.53. The molecule has 0 saturated heterocycles. The molecule has 0 aliphatic carbocycles. The fourth-order valence-corrected chi connectivity index (χ4v) is 3.17. The maximum Gasteiger partial charge on any atom is 0.384 e. The summed E-state index contributed by atoms with van der Waals surface area (Å²) in [5.74, 6) is -0.853. The molecule has 9 heteroatoms. The van der Waals surface area contributed by atoms with Crippen LogP contribution in [0.15, 0.2) is 37.7 Å². The molecule has 1 atom stereocenters. The summed E-state index contributed by atoms with van der Waals surface area (Å²) in [6.07, 6.45) is 0.568. The van der Waals surface area contributed by atoms with Gasteiger partial charge >= 0.3 is 5.63 Å². The van der Waals surface area contributed by atoms with Crippen LogP contribution in [0, 0.1) is 0 Å². The topological polar surface area (TPSA) is 117 Å². The number of rotatable bonds is 7. The molecule has 1 N–H and O–H groups in total. The molecule has 148 valence electrons. The Balaban J connectivity index is 2.01. The molecule has 0 bridgehead atoms. The predicted molar refractivity (Wildman–Crippen MR) is 100 cm³/mol. The van der Waals surface area contributed by atoms with Gasteiger partial charge in [0.2, 0.25) is 0 Å². The van der Waals surface area contributed by atoms with Crippen molar-refractivity contribution in [3.05, 3.63) is 45.4 Å². The highest BCUT2D eigenvalue weighted by molar-refractivity contribution is 6.23. The maximum absolute atomic E-state index is 13.0. The third kappa shape index (κ3) is 3.29. The number of nitrogens with zero attached hydrogens (tertiary/aromatic N) is 3. The van der Waals surface area contributed by atoms with Crippen LogP contribution >= 0.6 is 0 Å². The maximum atomic E-state index is 13.0. The van der Waals surface area contributed by atoms with Gasteiger partial charge in [-0.05, 0) is 24.5 Å². The summed E-state index contributed by atoms with van der Waals surface area (Å²) in [6.45, 7) is 5.88. The third-order valence-corrected chi connectivity index (χ3v) is 4.66. The molecule has 1 aromatic heterocycles. The molecule has 3 rings (SSSR count). The minimum Gasteiger partial charge on any atom is -0.383 e. The fourth-order valence-electron chi connectivity index (χ4n) is 3.17. The highest BCUT2D eigenvalue weighted by Gasteiger charge is 2.41. The number of amides is 2.